The lowest BCUT2D eigenvalue weighted by Crippen LogP contribution is -2.48. The van der Waals surface area contributed by atoms with Gasteiger partial charge in [-0.25, -0.2) is 19.6 Å². The molecule has 1 aliphatic heterocycles. The lowest BCUT2D eigenvalue weighted by atomic mass is 9.88. The predicted molar refractivity (Wildman–Crippen MR) is 145 cm³/mol. The number of fused-ring (bicyclic) bond motifs is 1. The number of aromatic nitrogens is 2. The van der Waals surface area contributed by atoms with E-state index in [1.165, 1.54) is 29.3 Å². The van der Waals surface area contributed by atoms with E-state index in [-0.39, 0.29) is 36.3 Å². The molecule has 0 bridgehead atoms. The summed E-state index contributed by atoms with van der Waals surface area (Å²) in [6, 6.07) is 5.12. The first kappa shape index (κ1) is 31.4. The van der Waals surface area contributed by atoms with Crippen LogP contribution in [-0.4, -0.2) is 35.8 Å². The first-order chi connectivity index (χ1) is 20.3. The van der Waals surface area contributed by atoms with Crippen LogP contribution in [0.15, 0.2) is 48.8 Å². The van der Waals surface area contributed by atoms with E-state index in [9.17, 15) is 31.1 Å². The van der Waals surface area contributed by atoms with Crippen LogP contribution in [0.25, 0.3) is 4.85 Å². The molecule has 4 rings (SSSR count). The summed E-state index contributed by atoms with van der Waals surface area (Å²) in [5.74, 6) is 0.377. The van der Waals surface area contributed by atoms with Gasteiger partial charge < -0.3 is 14.4 Å². The second kappa shape index (κ2) is 12.4. The number of nitrogens with zero attached hydrogens (tertiary/aromatic N) is 5. The highest BCUT2D eigenvalue weighted by atomic mass is 19.4. The molecule has 1 aromatic heterocycles. The normalized spacial score (nSPS) is 16.7. The number of halogens is 6. The summed E-state index contributed by atoms with van der Waals surface area (Å²) in [6.45, 7) is 10.4. The van der Waals surface area contributed by atoms with E-state index in [1.54, 1.807) is 25.1 Å². The second-order valence-corrected chi connectivity index (χ2v) is 9.70. The van der Waals surface area contributed by atoms with Gasteiger partial charge in [0.05, 0.1) is 43.1 Å². The van der Waals surface area contributed by atoms with Gasteiger partial charge in [0.2, 0.25) is 11.6 Å². The quantitative estimate of drug-likeness (QED) is 0.200. The van der Waals surface area contributed by atoms with Crippen LogP contribution in [-0.2, 0) is 23.6 Å². The summed E-state index contributed by atoms with van der Waals surface area (Å²) >= 11 is 0. The summed E-state index contributed by atoms with van der Waals surface area (Å²) in [7, 11) is 1.43. The second-order valence-electron chi connectivity index (χ2n) is 9.70. The summed E-state index contributed by atoms with van der Waals surface area (Å²) in [6.07, 6.45) is -7.58. The number of benzene rings is 2. The lowest BCUT2D eigenvalue weighted by molar-refractivity contribution is -0.143. The Hall–Kier alpha value is -4.54. The number of amides is 1. The minimum atomic E-state index is -5.03. The van der Waals surface area contributed by atoms with Crippen LogP contribution in [0.3, 0.4) is 0 Å². The molecule has 1 unspecified atom stereocenters. The SMILES string of the molecule is [C-]#[N+]c1cnc(N(Cc2cc(C(F)(F)F)cc(C(F)(F)F)c2)C2C[C@@H](CC)N(C(=O)OCC)c3ccc(OC)cc32)nc1. The van der Waals surface area contributed by atoms with Crippen LogP contribution in [0.4, 0.5) is 48.5 Å². The molecule has 0 N–H and O–H groups in total. The van der Waals surface area contributed by atoms with Gasteiger partial charge in [-0.3, -0.25) is 4.90 Å². The Morgan fingerprint density at radius 1 is 1.05 bits per heavy atom. The maximum atomic E-state index is 13.7. The number of ether oxygens (including phenoxy) is 2. The molecule has 14 heteroatoms. The molecule has 2 atom stereocenters. The number of anilines is 2. The fraction of sp³-hybridized carbons (Fsp3) is 0.379. The third-order valence-electron chi connectivity index (χ3n) is 7.04. The van der Waals surface area contributed by atoms with Gasteiger partial charge >= 0.3 is 18.4 Å². The zero-order valence-corrected chi connectivity index (χ0v) is 23.3. The highest BCUT2D eigenvalue weighted by Gasteiger charge is 2.41. The van der Waals surface area contributed by atoms with E-state index in [0.29, 0.717) is 35.6 Å². The van der Waals surface area contributed by atoms with Crippen molar-refractivity contribution in [2.24, 2.45) is 0 Å². The maximum absolute atomic E-state index is 13.7. The summed E-state index contributed by atoms with van der Waals surface area (Å²) < 4.78 is 92.9. The summed E-state index contributed by atoms with van der Waals surface area (Å²) in [5.41, 5.74) is -2.17. The fourth-order valence-electron chi connectivity index (χ4n) is 5.07. The van der Waals surface area contributed by atoms with Crippen LogP contribution in [0, 0.1) is 6.57 Å². The third-order valence-corrected chi connectivity index (χ3v) is 7.04. The topological polar surface area (TPSA) is 72.2 Å². The van der Waals surface area contributed by atoms with Crippen molar-refractivity contribution in [3.63, 3.8) is 0 Å². The highest BCUT2D eigenvalue weighted by molar-refractivity contribution is 5.90. The molecule has 0 aliphatic carbocycles. The molecule has 2 aromatic carbocycles. The molecule has 0 radical (unpaired) electrons. The Morgan fingerprint density at radius 2 is 1.67 bits per heavy atom. The van der Waals surface area contributed by atoms with Crippen molar-refractivity contribution in [1.29, 1.82) is 0 Å². The zero-order chi connectivity index (χ0) is 31.5. The molecule has 228 valence electrons. The molecule has 2 heterocycles. The smallest absolute Gasteiger partial charge is 0.416 e. The number of alkyl halides is 6. The number of carbonyl (C=O) groups is 1. The van der Waals surface area contributed by atoms with Crippen LogP contribution >= 0.6 is 0 Å². The van der Waals surface area contributed by atoms with Crippen molar-refractivity contribution >= 4 is 23.4 Å². The minimum Gasteiger partial charge on any atom is -0.497 e. The average Bonchev–Trinajstić information content (AvgIpc) is 2.98. The van der Waals surface area contributed by atoms with Gasteiger partial charge in [-0.1, -0.05) is 6.92 Å². The fourth-order valence-corrected chi connectivity index (χ4v) is 5.07. The number of hydrogen-bond acceptors (Lipinski definition) is 6. The van der Waals surface area contributed by atoms with E-state index >= 15 is 0 Å². The number of carbonyl (C=O) groups excluding carboxylic acids is 1. The van der Waals surface area contributed by atoms with E-state index in [4.69, 9.17) is 16.0 Å². The van der Waals surface area contributed by atoms with Gasteiger partial charge in [-0.2, -0.15) is 26.3 Å². The third kappa shape index (κ3) is 6.76. The van der Waals surface area contributed by atoms with Gasteiger partial charge in [0, 0.05) is 30.5 Å². The minimum absolute atomic E-state index is 0.0309. The van der Waals surface area contributed by atoms with Crippen LogP contribution in [0.5, 0.6) is 5.75 Å². The standard InChI is InChI=1S/C29H27F6N5O3/c1-5-21-12-25(23-13-22(42-4)7-8-24(23)40(21)27(41)43-6-2)39(26-37-14-20(36-3)15-38-26)16-17-9-18(28(30,31)32)11-19(10-17)29(33,34)35/h7-11,13-15,21,25H,5-6,12,16H2,1-2,4H3/t21-,25?/m1/s1. The lowest BCUT2D eigenvalue weighted by Gasteiger charge is -2.44. The Kier molecular flexibility index (Phi) is 9.03. The van der Waals surface area contributed by atoms with Crippen LogP contribution in [0.1, 0.15) is 55.0 Å². The van der Waals surface area contributed by atoms with E-state index in [0.717, 1.165) is 0 Å². The van der Waals surface area contributed by atoms with Crippen molar-refractivity contribution in [3.05, 3.63) is 82.5 Å². The van der Waals surface area contributed by atoms with E-state index in [1.807, 2.05) is 6.92 Å². The molecular weight excluding hydrogens is 580 g/mol. The molecular formula is C29H27F6N5O3. The highest BCUT2D eigenvalue weighted by Crippen LogP contribution is 2.45. The van der Waals surface area contributed by atoms with Crippen molar-refractivity contribution < 1.29 is 40.6 Å². The molecule has 1 aliphatic rings. The number of methoxy groups -OCH3 is 1. The summed E-state index contributed by atoms with van der Waals surface area (Å²) in [5, 5.41) is 0. The van der Waals surface area contributed by atoms with Gasteiger partial charge in [-0.05, 0) is 61.7 Å². The predicted octanol–water partition coefficient (Wildman–Crippen LogP) is 7.97. The molecule has 43 heavy (non-hydrogen) atoms. The molecule has 8 nitrogen and oxygen atoms in total. The van der Waals surface area contributed by atoms with Gasteiger partial charge in [0.1, 0.15) is 5.75 Å². The van der Waals surface area contributed by atoms with Crippen molar-refractivity contribution in [3.8, 4) is 5.75 Å². The maximum Gasteiger partial charge on any atom is 0.416 e. The van der Waals surface area contributed by atoms with Gasteiger partial charge in [-0.15, -0.1) is 0 Å². The van der Waals surface area contributed by atoms with Crippen molar-refractivity contribution in [2.75, 3.05) is 23.5 Å². The van der Waals surface area contributed by atoms with Crippen molar-refractivity contribution in [1.82, 2.24) is 9.97 Å². The van der Waals surface area contributed by atoms with Gasteiger partial charge in [0.25, 0.3) is 0 Å². The average molecular weight is 608 g/mol. The Morgan fingerprint density at radius 3 is 2.19 bits per heavy atom. The zero-order valence-electron chi connectivity index (χ0n) is 23.3. The Balaban J connectivity index is 1.93. The van der Waals surface area contributed by atoms with Crippen molar-refractivity contribution in [2.45, 2.75) is 57.7 Å². The molecule has 0 fully saturated rings. The molecule has 1 amide bonds. The molecule has 0 saturated carbocycles. The Bertz CT molecular complexity index is 1470. The van der Waals surface area contributed by atoms with Gasteiger partial charge in [0.15, 0.2) is 0 Å². The van der Waals surface area contributed by atoms with E-state index < -0.39 is 48.2 Å². The van der Waals surface area contributed by atoms with Crippen LogP contribution < -0.4 is 14.5 Å². The van der Waals surface area contributed by atoms with E-state index in [2.05, 4.69) is 14.8 Å². The summed E-state index contributed by atoms with van der Waals surface area (Å²) in [4.78, 5) is 27.7. The Labute approximate surface area is 243 Å². The molecule has 0 saturated heterocycles. The largest absolute Gasteiger partial charge is 0.497 e. The van der Waals surface area contributed by atoms with Crippen LogP contribution in [0.2, 0.25) is 0 Å². The number of rotatable bonds is 7. The first-order valence-corrected chi connectivity index (χ1v) is 13.2. The molecule has 0 spiro atoms. The monoisotopic (exact) mass is 607 g/mol. The first-order valence-electron chi connectivity index (χ1n) is 13.2. The number of hydrogen-bond donors (Lipinski definition) is 0. The molecule has 3 aromatic rings.